The van der Waals surface area contributed by atoms with Crippen LogP contribution in [-0.4, -0.2) is 78.5 Å². The van der Waals surface area contributed by atoms with E-state index in [-0.39, 0.29) is 30.3 Å². The Bertz CT molecular complexity index is 486. The minimum atomic E-state index is -4.83. The number of piperazine rings is 1. The number of nitrogens with zero attached hydrogens (tertiary/aromatic N) is 3. The highest BCUT2D eigenvalue weighted by molar-refractivity contribution is 5.83. The lowest BCUT2D eigenvalue weighted by atomic mass is 9.94. The summed E-state index contributed by atoms with van der Waals surface area (Å²) in [6, 6.07) is 0. The van der Waals surface area contributed by atoms with E-state index in [0.717, 1.165) is 24.5 Å². The van der Waals surface area contributed by atoms with Gasteiger partial charge in [0.2, 0.25) is 5.91 Å². The molecule has 2 rings (SSSR count). The standard InChI is InChI=1S/C17H28F3N3O2/c1-16(2,3)12-21-8-10-22(11-9-21)14(24)13-4-6-23(7-5-13)15(25)17(18,19)20/h13H,4-12H2,1-3H3. The van der Waals surface area contributed by atoms with Crippen molar-refractivity contribution in [1.29, 1.82) is 0 Å². The van der Waals surface area contributed by atoms with Crippen molar-refractivity contribution < 1.29 is 22.8 Å². The summed E-state index contributed by atoms with van der Waals surface area (Å²) in [5.74, 6) is -2.05. The van der Waals surface area contributed by atoms with Crippen LogP contribution >= 0.6 is 0 Å². The third kappa shape index (κ3) is 5.59. The molecule has 144 valence electrons. The molecule has 0 saturated carbocycles. The summed E-state index contributed by atoms with van der Waals surface area (Å²) in [7, 11) is 0. The highest BCUT2D eigenvalue weighted by atomic mass is 19.4. The number of amides is 2. The van der Waals surface area contributed by atoms with Crippen LogP contribution in [0.4, 0.5) is 13.2 Å². The summed E-state index contributed by atoms with van der Waals surface area (Å²) in [5, 5.41) is 0. The second kappa shape index (κ2) is 7.51. The van der Waals surface area contributed by atoms with E-state index in [1.54, 1.807) is 0 Å². The minimum Gasteiger partial charge on any atom is -0.340 e. The van der Waals surface area contributed by atoms with E-state index in [1.807, 2.05) is 4.90 Å². The Hall–Kier alpha value is -1.31. The number of rotatable bonds is 2. The summed E-state index contributed by atoms with van der Waals surface area (Å²) in [6.07, 6.45) is -4.22. The quantitative estimate of drug-likeness (QED) is 0.754. The van der Waals surface area contributed by atoms with Crippen LogP contribution in [0.3, 0.4) is 0 Å². The van der Waals surface area contributed by atoms with Gasteiger partial charge in [-0.1, -0.05) is 20.8 Å². The minimum absolute atomic E-state index is 0.00125. The molecule has 0 aliphatic carbocycles. The largest absolute Gasteiger partial charge is 0.471 e. The molecule has 2 aliphatic heterocycles. The van der Waals surface area contributed by atoms with Gasteiger partial charge in [-0.25, -0.2) is 0 Å². The number of carbonyl (C=O) groups is 2. The molecule has 2 amide bonds. The Morgan fingerprint density at radius 3 is 1.84 bits per heavy atom. The van der Waals surface area contributed by atoms with Crippen molar-refractivity contribution >= 4 is 11.8 Å². The molecule has 2 heterocycles. The molecule has 2 saturated heterocycles. The number of alkyl halides is 3. The molecule has 8 heteroatoms. The van der Waals surface area contributed by atoms with Crippen molar-refractivity contribution in [3.63, 3.8) is 0 Å². The lowest BCUT2D eigenvalue weighted by Crippen LogP contribution is -2.53. The molecule has 0 aromatic carbocycles. The second-order valence-corrected chi connectivity index (χ2v) is 8.23. The summed E-state index contributed by atoms with van der Waals surface area (Å²) < 4.78 is 37.4. The Kier molecular flexibility index (Phi) is 6.01. The fourth-order valence-corrected chi connectivity index (χ4v) is 3.56. The first kappa shape index (κ1) is 20.0. The molecular formula is C17H28F3N3O2. The molecule has 0 aromatic rings. The van der Waals surface area contributed by atoms with Gasteiger partial charge in [0.15, 0.2) is 0 Å². The molecule has 2 aliphatic rings. The first-order chi connectivity index (χ1) is 11.5. The molecular weight excluding hydrogens is 335 g/mol. The van der Waals surface area contributed by atoms with Gasteiger partial charge >= 0.3 is 12.1 Å². The van der Waals surface area contributed by atoms with Gasteiger partial charge < -0.3 is 9.80 Å². The lowest BCUT2D eigenvalue weighted by Gasteiger charge is -2.40. The van der Waals surface area contributed by atoms with Crippen LogP contribution in [0.25, 0.3) is 0 Å². The smallest absolute Gasteiger partial charge is 0.340 e. The molecule has 25 heavy (non-hydrogen) atoms. The first-order valence-corrected chi connectivity index (χ1v) is 8.84. The third-order valence-corrected chi connectivity index (χ3v) is 4.76. The Balaban J connectivity index is 1.79. The van der Waals surface area contributed by atoms with E-state index in [0.29, 0.717) is 25.9 Å². The van der Waals surface area contributed by atoms with Crippen LogP contribution in [0.1, 0.15) is 33.6 Å². The molecule has 0 spiro atoms. The number of likely N-dealkylation sites (tertiary alicyclic amines) is 1. The van der Waals surface area contributed by atoms with E-state index in [2.05, 4.69) is 25.7 Å². The van der Waals surface area contributed by atoms with Crippen LogP contribution in [0.2, 0.25) is 0 Å². The highest BCUT2D eigenvalue weighted by Crippen LogP contribution is 2.25. The molecule has 0 radical (unpaired) electrons. The van der Waals surface area contributed by atoms with Crippen LogP contribution in [0.15, 0.2) is 0 Å². The molecule has 2 fully saturated rings. The normalized spacial score (nSPS) is 21.5. The van der Waals surface area contributed by atoms with Crippen molar-refractivity contribution in [2.24, 2.45) is 11.3 Å². The van der Waals surface area contributed by atoms with Crippen LogP contribution in [-0.2, 0) is 9.59 Å². The highest BCUT2D eigenvalue weighted by Gasteiger charge is 2.44. The van der Waals surface area contributed by atoms with E-state index < -0.39 is 12.1 Å². The Morgan fingerprint density at radius 2 is 1.40 bits per heavy atom. The predicted octanol–water partition coefficient (Wildman–Crippen LogP) is 1.98. The topological polar surface area (TPSA) is 43.9 Å². The predicted molar refractivity (Wildman–Crippen MR) is 87.8 cm³/mol. The van der Waals surface area contributed by atoms with E-state index in [1.165, 1.54) is 0 Å². The zero-order valence-electron chi connectivity index (χ0n) is 15.2. The number of hydrogen-bond donors (Lipinski definition) is 0. The molecule has 5 nitrogen and oxygen atoms in total. The van der Waals surface area contributed by atoms with Crippen LogP contribution in [0, 0.1) is 11.3 Å². The monoisotopic (exact) mass is 363 g/mol. The van der Waals surface area contributed by atoms with Crippen LogP contribution < -0.4 is 0 Å². The Morgan fingerprint density at radius 1 is 0.880 bits per heavy atom. The van der Waals surface area contributed by atoms with Crippen molar-refractivity contribution in [3.05, 3.63) is 0 Å². The first-order valence-electron chi connectivity index (χ1n) is 8.84. The lowest BCUT2D eigenvalue weighted by molar-refractivity contribution is -0.187. The summed E-state index contributed by atoms with van der Waals surface area (Å²) in [6.45, 7) is 10.5. The number of piperidine rings is 1. The van der Waals surface area contributed by atoms with Gasteiger partial charge in [-0.05, 0) is 18.3 Å². The molecule has 0 bridgehead atoms. The van der Waals surface area contributed by atoms with Gasteiger partial charge in [-0.3, -0.25) is 14.5 Å². The number of halogens is 3. The maximum absolute atomic E-state index is 12.6. The second-order valence-electron chi connectivity index (χ2n) is 8.23. The SMILES string of the molecule is CC(C)(C)CN1CCN(C(=O)C2CCN(C(=O)C(F)(F)F)CC2)CC1. The van der Waals surface area contributed by atoms with Gasteiger partial charge in [0.25, 0.3) is 0 Å². The summed E-state index contributed by atoms with van der Waals surface area (Å²) in [4.78, 5) is 28.8. The number of carbonyl (C=O) groups excluding carboxylic acids is 2. The van der Waals surface area contributed by atoms with Gasteiger partial charge in [-0.15, -0.1) is 0 Å². The van der Waals surface area contributed by atoms with Crippen molar-refractivity contribution in [2.45, 2.75) is 39.8 Å². The van der Waals surface area contributed by atoms with Crippen molar-refractivity contribution in [3.8, 4) is 0 Å². The molecule has 0 atom stereocenters. The van der Waals surface area contributed by atoms with Gasteiger partial charge in [0.05, 0.1) is 0 Å². The van der Waals surface area contributed by atoms with Crippen LogP contribution in [0.5, 0.6) is 0 Å². The van der Waals surface area contributed by atoms with Crippen molar-refractivity contribution in [2.75, 3.05) is 45.8 Å². The number of hydrogen-bond acceptors (Lipinski definition) is 3. The molecule has 0 unspecified atom stereocenters. The fraction of sp³-hybridized carbons (Fsp3) is 0.882. The van der Waals surface area contributed by atoms with E-state index >= 15 is 0 Å². The van der Waals surface area contributed by atoms with Gasteiger partial charge in [0.1, 0.15) is 0 Å². The third-order valence-electron chi connectivity index (χ3n) is 4.76. The maximum atomic E-state index is 12.6. The summed E-state index contributed by atoms with van der Waals surface area (Å²) >= 11 is 0. The maximum Gasteiger partial charge on any atom is 0.471 e. The Labute approximate surface area is 147 Å². The zero-order chi connectivity index (χ0) is 18.8. The average Bonchev–Trinajstić information content (AvgIpc) is 2.52. The van der Waals surface area contributed by atoms with E-state index in [9.17, 15) is 22.8 Å². The molecule has 0 aromatic heterocycles. The summed E-state index contributed by atoms with van der Waals surface area (Å²) in [5.41, 5.74) is 0.212. The average molecular weight is 363 g/mol. The fourth-order valence-electron chi connectivity index (χ4n) is 3.56. The van der Waals surface area contributed by atoms with Gasteiger partial charge in [-0.2, -0.15) is 13.2 Å². The van der Waals surface area contributed by atoms with Crippen molar-refractivity contribution in [1.82, 2.24) is 14.7 Å². The van der Waals surface area contributed by atoms with Gasteiger partial charge in [0, 0.05) is 51.7 Å². The zero-order valence-corrected chi connectivity index (χ0v) is 15.2. The molecule has 0 N–H and O–H groups in total. The van der Waals surface area contributed by atoms with E-state index in [4.69, 9.17) is 0 Å².